The zero-order valence-electron chi connectivity index (χ0n) is 13.7. The normalized spacial score (nSPS) is 20.6. The van der Waals surface area contributed by atoms with Gasteiger partial charge in [-0.25, -0.2) is 0 Å². The quantitative estimate of drug-likeness (QED) is 0.827. The van der Waals surface area contributed by atoms with Gasteiger partial charge in [-0.1, -0.05) is 0 Å². The van der Waals surface area contributed by atoms with Gasteiger partial charge in [0, 0.05) is 17.6 Å². The van der Waals surface area contributed by atoms with Crippen LogP contribution in [0.15, 0.2) is 12.1 Å². The van der Waals surface area contributed by atoms with Crippen molar-refractivity contribution in [1.29, 1.82) is 0 Å². The molecule has 0 saturated heterocycles. The van der Waals surface area contributed by atoms with Crippen molar-refractivity contribution in [2.75, 3.05) is 14.2 Å². The number of ether oxygens (including phenoxy) is 3. The topological polar surface area (TPSA) is 82.8 Å². The van der Waals surface area contributed by atoms with Gasteiger partial charge in [-0.2, -0.15) is 8.78 Å². The number of benzene rings is 1. The van der Waals surface area contributed by atoms with Crippen molar-refractivity contribution in [3.05, 3.63) is 17.7 Å². The molecule has 0 spiro atoms. The Balaban J connectivity index is 2.18. The third kappa shape index (κ3) is 4.47. The molecule has 0 radical (unpaired) electrons. The number of nitrogens with one attached hydrogen (secondary N) is 1. The predicted molar refractivity (Wildman–Crippen MR) is 83.9 cm³/mol. The Bertz CT molecular complexity index is 550. The van der Waals surface area contributed by atoms with Crippen molar-refractivity contribution in [3.8, 4) is 17.2 Å². The number of amides is 1. The summed E-state index contributed by atoms with van der Waals surface area (Å²) in [6.07, 6.45) is 3.35. The van der Waals surface area contributed by atoms with Gasteiger partial charge in [-0.05, 0) is 37.8 Å². The molecular formula is C16H22F2N2O4. The number of rotatable bonds is 6. The number of hydrogen-bond donors (Lipinski definition) is 2. The molecular weight excluding hydrogens is 322 g/mol. The zero-order valence-corrected chi connectivity index (χ0v) is 13.7. The maximum atomic E-state index is 12.5. The lowest BCUT2D eigenvalue weighted by atomic mass is 9.91. The number of nitrogens with two attached hydrogens (primary N) is 1. The number of hydrogen-bond acceptors (Lipinski definition) is 5. The SMILES string of the molecule is COc1cc(C(=O)NC2CCC(N)CC2)cc(OC)c1OC(F)F. The summed E-state index contributed by atoms with van der Waals surface area (Å²) in [6, 6.07) is 2.93. The van der Waals surface area contributed by atoms with Crippen LogP contribution in [-0.2, 0) is 0 Å². The molecule has 1 amide bonds. The fraction of sp³-hybridized carbons (Fsp3) is 0.562. The Hall–Kier alpha value is -2.09. The minimum absolute atomic E-state index is 0.00506. The first-order chi connectivity index (χ1) is 11.4. The van der Waals surface area contributed by atoms with Gasteiger partial charge >= 0.3 is 6.61 Å². The Morgan fingerprint density at radius 1 is 1.17 bits per heavy atom. The summed E-state index contributed by atoms with van der Waals surface area (Å²) in [5, 5.41) is 2.92. The second kappa shape index (κ2) is 8.14. The standard InChI is InChI=1S/C16H22F2N2O4/c1-22-12-7-9(8-13(23-2)14(12)24-16(17)18)15(21)20-11-5-3-10(19)4-6-11/h7-8,10-11,16H,3-6,19H2,1-2H3,(H,20,21). The van der Waals surface area contributed by atoms with Crippen LogP contribution in [0.25, 0.3) is 0 Å². The maximum Gasteiger partial charge on any atom is 0.387 e. The van der Waals surface area contributed by atoms with E-state index in [9.17, 15) is 13.6 Å². The van der Waals surface area contributed by atoms with E-state index in [1.807, 2.05) is 0 Å². The highest BCUT2D eigenvalue weighted by Crippen LogP contribution is 2.39. The second-order valence-electron chi connectivity index (χ2n) is 5.67. The molecule has 0 heterocycles. The molecule has 2 rings (SSSR count). The lowest BCUT2D eigenvalue weighted by Gasteiger charge is -2.27. The zero-order chi connectivity index (χ0) is 17.7. The Kier molecular flexibility index (Phi) is 6.19. The number of halogens is 2. The summed E-state index contributed by atoms with van der Waals surface area (Å²) in [7, 11) is 2.61. The minimum Gasteiger partial charge on any atom is -0.493 e. The van der Waals surface area contributed by atoms with E-state index < -0.39 is 6.61 Å². The van der Waals surface area contributed by atoms with E-state index in [1.165, 1.54) is 26.4 Å². The molecule has 24 heavy (non-hydrogen) atoms. The van der Waals surface area contributed by atoms with Crippen molar-refractivity contribution < 1.29 is 27.8 Å². The highest BCUT2D eigenvalue weighted by Gasteiger charge is 2.23. The van der Waals surface area contributed by atoms with Crippen molar-refractivity contribution in [2.24, 2.45) is 5.73 Å². The molecule has 1 aromatic carbocycles. The fourth-order valence-electron chi connectivity index (χ4n) is 2.75. The average molecular weight is 344 g/mol. The van der Waals surface area contributed by atoms with E-state index in [1.54, 1.807) is 0 Å². The van der Waals surface area contributed by atoms with E-state index >= 15 is 0 Å². The van der Waals surface area contributed by atoms with E-state index in [0.29, 0.717) is 0 Å². The second-order valence-corrected chi connectivity index (χ2v) is 5.67. The third-order valence-corrected chi connectivity index (χ3v) is 4.04. The molecule has 8 heteroatoms. The molecule has 0 aliphatic heterocycles. The first-order valence-corrected chi connectivity index (χ1v) is 7.71. The van der Waals surface area contributed by atoms with Gasteiger partial charge < -0.3 is 25.3 Å². The lowest BCUT2D eigenvalue weighted by molar-refractivity contribution is -0.0526. The average Bonchev–Trinajstić information content (AvgIpc) is 2.56. The van der Waals surface area contributed by atoms with Crippen LogP contribution in [0.2, 0.25) is 0 Å². The molecule has 1 saturated carbocycles. The van der Waals surface area contributed by atoms with Gasteiger partial charge in [-0.15, -0.1) is 0 Å². The number of alkyl halides is 2. The summed E-state index contributed by atoms with van der Waals surface area (Å²) in [6.45, 7) is -3.03. The van der Waals surface area contributed by atoms with Gasteiger partial charge in [0.05, 0.1) is 14.2 Å². The van der Waals surface area contributed by atoms with Crippen molar-refractivity contribution in [3.63, 3.8) is 0 Å². The summed E-state index contributed by atoms with van der Waals surface area (Å²) in [4.78, 5) is 12.4. The molecule has 6 nitrogen and oxygen atoms in total. The van der Waals surface area contributed by atoms with E-state index in [-0.39, 0.29) is 40.8 Å². The van der Waals surface area contributed by atoms with Gasteiger partial charge in [0.15, 0.2) is 11.5 Å². The Morgan fingerprint density at radius 2 is 1.71 bits per heavy atom. The number of methoxy groups -OCH3 is 2. The smallest absolute Gasteiger partial charge is 0.387 e. The minimum atomic E-state index is -3.03. The first-order valence-electron chi connectivity index (χ1n) is 7.71. The number of carbonyl (C=O) groups is 1. The van der Waals surface area contributed by atoms with Crippen LogP contribution in [0.3, 0.4) is 0 Å². The van der Waals surface area contributed by atoms with Crippen molar-refractivity contribution >= 4 is 5.91 Å². The molecule has 1 aliphatic carbocycles. The molecule has 3 N–H and O–H groups in total. The van der Waals surface area contributed by atoms with Gasteiger partial charge in [0.25, 0.3) is 5.91 Å². The molecule has 0 unspecified atom stereocenters. The van der Waals surface area contributed by atoms with Crippen LogP contribution in [0.5, 0.6) is 17.2 Å². The summed E-state index contributed by atoms with van der Waals surface area (Å²) in [5.74, 6) is -0.554. The van der Waals surface area contributed by atoms with Gasteiger partial charge in [0.2, 0.25) is 5.75 Å². The molecule has 0 bridgehead atoms. The third-order valence-electron chi connectivity index (χ3n) is 4.04. The van der Waals surface area contributed by atoms with E-state index in [0.717, 1.165) is 25.7 Å². The van der Waals surface area contributed by atoms with Crippen molar-refractivity contribution in [2.45, 2.75) is 44.4 Å². The monoisotopic (exact) mass is 344 g/mol. The Morgan fingerprint density at radius 3 is 2.17 bits per heavy atom. The fourth-order valence-corrected chi connectivity index (χ4v) is 2.75. The summed E-state index contributed by atoms with van der Waals surface area (Å²) < 4.78 is 39.6. The highest BCUT2D eigenvalue weighted by atomic mass is 19.3. The molecule has 1 fully saturated rings. The summed E-state index contributed by atoms with van der Waals surface area (Å²) >= 11 is 0. The van der Waals surface area contributed by atoms with E-state index in [2.05, 4.69) is 10.1 Å². The van der Waals surface area contributed by atoms with Crippen LogP contribution in [0.4, 0.5) is 8.78 Å². The summed E-state index contributed by atoms with van der Waals surface area (Å²) in [5.41, 5.74) is 6.10. The predicted octanol–water partition coefficient (Wildman–Crippen LogP) is 2.30. The van der Waals surface area contributed by atoms with Gasteiger partial charge in [0.1, 0.15) is 0 Å². The molecule has 134 valence electrons. The van der Waals surface area contributed by atoms with Crippen LogP contribution < -0.4 is 25.3 Å². The van der Waals surface area contributed by atoms with E-state index in [4.69, 9.17) is 15.2 Å². The highest BCUT2D eigenvalue weighted by molar-refractivity contribution is 5.95. The molecule has 1 aromatic rings. The van der Waals surface area contributed by atoms with Crippen LogP contribution >= 0.6 is 0 Å². The molecule has 0 aromatic heterocycles. The van der Waals surface area contributed by atoms with Crippen LogP contribution in [-0.4, -0.2) is 38.8 Å². The van der Waals surface area contributed by atoms with Crippen LogP contribution in [0, 0.1) is 0 Å². The van der Waals surface area contributed by atoms with Crippen LogP contribution in [0.1, 0.15) is 36.0 Å². The first kappa shape index (κ1) is 18.3. The maximum absolute atomic E-state index is 12.5. The van der Waals surface area contributed by atoms with Gasteiger partial charge in [-0.3, -0.25) is 4.79 Å². The number of carbonyl (C=O) groups excluding carboxylic acids is 1. The molecule has 0 atom stereocenters. The Labute approximate surface area is 139 Å². The largest absolute Gasteiger partial charge is 0.493 e. The molecule has 1 aliphatic rings. The van der Waals surface area contributed by atoms with Crippen molar-refractivity contribution in [1.82, 2.24) is 5.32 Å². The lowest BCUT2D eigenvalue weighted by Crippen LogP contribution is -2.40.